The third-order valence-electron chi connectivity index (χ3n) is 7.84. The van der Waals surface area contributed by atoms with Crippen LogP contribution in [0.5, 0.6) is 0 Å². The average Bonchev–Trinajstić information content (AvgIpc) is 2.86. The van der Waals surface area contributed by atoms with Crippen LogP contribution in [0.4, 0.5) is 13.2 Å². The van der Waals surface area contributed by atoms with E-state index in [9.17, 15) is 8.78 Å². The predicted molar refractivity (Wildman–Crippen MR) is 141 cm³/mol. The second-order valence-electron chi connectivity index (χ2n) is 10.4. The topological polar surface area (TPSA) is 0 Å². The molecule has 188 valence electrons. The van der Waals surface area contributed by atoms with Crippen molar-refractivity contribution in [2.24, 2.45) is 11.8 Å². The van der Waals surface area contributed by atoms with Gasteiger partial charge in [0.2, 0.25) is 0 Å². The molecular weight excluding hydrogens is 465 g/mol. The first-order valence-corrected chi connectivity index (χ1v) is 13.7. The van der Waals surface area contributed by atoms with Crippen LogP contribution in [-0.4, -0.2) is 0 Å². The second-order valence-corrected chi connectivity index (χ2v) is 10.7. The fourth-order valence-electron chi connectivity index (χ4n) is 5.65. The maximum atomic E-state index is 15.2. The molecule has 1 aliphatic rings. The van der Waals surface area contributed by atoms with E-state index < -0.39 is 22.5 Å². The van der Waals surface area contributed by atoms with Crippen LogP contribution < -0.4 is 0 Å². The zero-order valence-electron chi connectivity index (χ0n) is 20.7. The summed E-state index contributed by atoms with van der Waals surface area (Å²) in [5, 5.41) is 0.697. The van der Waals surface area contributed by atoms with E-state index in [-0.39, 0.29) is 11.1 Å². The lowest BCUT2D eigenvalue weighted by Crippen LogP contribution is -2.15. The molecule has 4 rings (SSSR count). The van der Waals surface area contributed by atoms with E-state index in [0.29, 0.717) is 5.39 Å². The first-order chi connectivity index (χ1) is 17.0. The SMILES string of the molecule is CCCCCCC[C@H]1CC[C@H](CCc2ccc3c(F)c(-c4cc(F)c(Cl)c(F)c4)ccc3c2)CC1. The molecule has 1 aliphatic carbocycles. The van der Waals surface area contributed by atoms with Gasteiger partial charge in [0, 0.05) is 10.9 Å². The van der Waals surface area contributed by atoms with E-state index in [0.717, 1.165) is 35.8 Å². The smallest absolute Gasteiger partial charge is 0.145 e. The number of fused-ring (bicyclic) bond motifs is 1. The summed E-state index contributed by atoms with van der Waals surface area (Å²) in [5.74, 6) is -0.539. The normalized spacial score (nSPS) is 18.3. The monoisotopic (exact) mass is 500 g/mol. The van der Waals surface area contributed by atoms with Crippen LogP contribution in [-0.2, 0) is 6.42 Å². The minimum Gasteiger partial charge on any atom is -0.206 e. The van der Waals surface area contributed by atoms with E-state index >= 15 is 4.39 Å². The molecule has 1 fully saturated rings. The Morgan fingerprint density at radius 3 is 2.11 bits per heavy atom. The summed E-state index contributed by atoms with van der Waals surface area (Å²) >= 11 is 5.57. The van der Waals surface area contributed by atoms with E-state index in [4.69, 9.17) is 11.6 Å². The molecule has 0 radical (unpaired) electrons. The molecule has 0 saturated heterocycles. The maximum Gasteiger partial charge on any atom is 0.145 e. The lowest BCUT2D eigenvalue weighted by Gasteiger charge is -2.28. The van der Waals surface area contributed by atoms with Crippen LogP contribution in [0.2, 0.25) is 5.02 Å². The largest absolute Gasteiger partial charge is 0.206 e. The van der Waals surface area contributed by atoms with Crippen LogP contribution in [0.15, 0.2) is 42.5 Å². The highest BCUT2D eigenvalue weighted by Crippen LogP contribution is 2.36. The third-order valence-corrected chi connectivity index (χ3v) is 8.20. The van der Waals surface area contributed by atoms with Gasteiger partial charge in [0.1, 0.15) is 22.5 Å². The first-order valence-electron chi connectivity index (χ1n) is 13.3. The van der Waals surface area contributed by atoms with Gasteiger partial charge in [-0.25, -0.2) is 13.2 Å². The van der Waals surface area contributed by atoms with Crippen LogP contribution >= 0.6 is 11.6 Å². The number of unbranched alkanes of at least 4 members (excludes halogenated alkanes) is 4. The molecule has 0 bridgehead atoms. The van der Waals surface area contributed by atoms with Gasteiger partial charge in [-0.3, -0.25) is 0 Å². The van der Waals surface area contributed by atoms with Gasteiger partial charge in [0.05, 0.1) is 0 Å². The Morgan fingerprint density at radius 1 is 0.771 bits per heavy atom. The van der Waals surface area contributed by atoms with E-state index in [2.05, 4.69) is 6.92 Å². The van der Waals surface area contributed by atoms with Crippen molar-refractivity contribution in [1.82, 2.24) is 0 Å². The van der Waals surface area contributed by atoms with Gasteiger partial charge in [-0.05, 0) is 53.3 Å². The minimum atomic E-state index is -0.891. The van der Waals surface area contributed by atoms with Crippen molar-refractivity contribution >= 4 is 22.4 Å². The first kappa shape index (κ1) is 26.1. The Hall–Kier alpha value is -2.00. The van der Waals surface area contributed by atoms with Gasteiger partial charge >= 0.3 is 0 Å². The van der Waals surface area contributed by atoms with Gasteiger partial charge in [0.25, 0.3) is 0 Å². The number of aryl methyl sites for hydroxylation is 1. The second kappa shape index (κ2) is 12.3. The van der Waals surface area contributed by atoms with E-state index in [1.165, 1.54) is 76.2 Å². The number of hydrogen-bond donors (Lipinski definition) is 0. The van der Waals surface area contributed by atoms with Gasteiger partial charge in [0.15, 0.2) is 0 Å². The van der Waals surface area contributed by atoms with Crippen molar-refractivity contribution in [2.45, 2.75) is 84.0 Å². The molecule has 0 nitrogen and oxygen atoms in total. The van der Waals surface area contributed by atoms with Crippen LogP contribution in [0, 0.1) is 29.3 Å². The summed E-state index contributed by atoms with van der Waals surface area (Å²) in [4.78, 5) is 0. The van der Waals surface area contributed by atoms with Crippen LogP contribution in [0.25, 0.3) is 21.9 Å². The zero-order chi connectivity index (χ0) is 24.8. The van der Waals surface area contributed by atoms with Crippen LogP contribution in [0.3, 0.4) is 0 Å². The molecule has 0 heterocycles. The highest BCUT2D eigenvalue weighted by molar-refractivity contribution is 6.31. The van der Waals surface area contributed by atoms with Crippen molar-refractivity contribution in [1.29, 1.82) is 0 Å². The average molecular weight is 501 g/mol. The maximum absolute atomic E-state index is 15.2. The summed E-state index contributed by atoms with van der Waals surface area (Å²) < 4.78 is 43.0. The Morgan fingerprint density at radius 2 is 1.43 bits per heavy atom. The van der Waals surface area contributed by atoms with Gasteiger partial charge in [-0.15, -0.1) is 0 Å². The van der Waals surface area contributed by atoms with Crippen LogP contribution in [0.1, 0.15) is 83.1 Å². The highest BCUT2D eigenvalue weighted by atomic mass is 35.5. The van der Waals surface area contributed by atoms with Gasteiger partial charge < -0.3 is 0 Å². The minimum absolute atomic E-state index is 0.143. The summed E-state index contributed by atoms with van der Waals surface area (Å²) in [6, 6.07) is 11.4. The predicted octanol–water partition coefficient (Wildman–Crippen LogP) is 10.7. The summed E-state index contributed by atoms with van der Waals surface area (Å²) in [7, 11) is 0. The van der Waals surface area contributed by atoms with Crippen molar-refractivity contribution < 1.29 is 13.2 Å². The van der Waals surface area contributed by atoms with E-state index in [1.54, 1.807) is 12.1 Å². The van der Waals surface area contributed by atoms with Crippen molar-refractivity contribution in [3.05, 3.63) is 70.5 Å². The van der Waals surface area contributed by atoms with Gasteiger partial charge in [-0.1, -0.05) is 113 Å². The highest BCUT2D eigenvalue weighted by Gasteiger charge is 2.21. The molecule has 3 aromatic carbocycles. The Kier molecular flexibility index (Phi) is 9.16. The lowest BCUT2D eigenvalue weighted by atomic mass is 9.77. The fraction of sp³-hybridized carbons (Fsp3) is 0.484. The third kappa shape index (κ3) is 6.61. The molecule has 0 unspecified atom stereocenters. The summed E-state index contributed by atoms with van der Waals surface area (Å²) in [6.45, 7) is 2.27. The Balaban J connectivity index is 1.33. The number of hydrogen-bond acceptors (Lipinski definition) is 0. The lowest BCUT2D eigenvalue weighted by molar-refractivity contribution is 0.249. The van der Waals surface area contributed by atoms with E-state index in [1.807, 2.05) is 18.2 Å². The molecule has 0 atom stereocenters. The zero-order valence-corrected chi connectivity index (χ0v) is 21.4. The standard InChI is InChI=1S/C31H36ClF3/c1-2-3-4-5-6-7-21-8-10-22(11-9-21)12-13-23-14-16-26-24(18-23)15-17-27(31(26)35)25-19-28(33)30(32)29(34)20-25/h14-22H,2-13H2,1H3/t21-,22-. The molecule has 0 amide bonds. The molecular formula is C31H36ClF3. The summed E-state index contributed by atoms with van der Waals surface area (Å²) in [6.07, 6.45) is 15.9. The summed E-state index contributed by atoms with van der Waals surface area (Å²) in [5.41, 5.74) is 1.53. The van der Waals surface area contributed by atoms with Crippen molar-refractivity contribution in [3.8, 4) is 11.1 Å². The molecule has 1 saturated carbocycles. The molecule has 0 aromatic heterocycles. The fourth-order valence-corrected chi connectivity index (χ4v) is 5.76. The molecule has 0 aliphatic heterocycles. The molecule has 35 heavy (non-hydrogen) atoms. The number of halogens is 4. The number of benzene rings is 3. The molecule has 3 aromatic rings. The Bertz CT molecular complexity index is 1110. The quantitative estimate of drug-likeness (QED) is 0.192. The van der Waals surface area contributed by atoms with Gasteiger partial charge in [-0.2, -0.15) is 0 Å². The molecule has 0 spiro atoms. The molecule has 0 N–H and O–H groups in total. The van der Waals surface area contributed by atoms with Crippen molar-refractivity contribution in [3.63, 3.8) is 0 Å². The van der Waals surface area contributed by atoms with Crippen molar-refractivity contribution in [2.75, 3.05) is 0 Å². The Labute approximate surface area is 212 Å². The molecule has 4 heteroatoms. The number of rotatable bonds is 10.